The molecule has 2 heterocycles. The summed E-state index contributed by atoms with van der Waals surface area (Å²) in [7, 11) is 0. The third kappa shape index (κ3) is 4.07. The predicted octanol–water partition coefficient (Wildman–Crippen LogP) is 0.970. The van der Waals surface area contributed by atoms with Crippen molar-refractivity contribution in [1.29, 1.82) is 0 Å². The Morgan fingerprint density at radius 1 is 1.44 bits per heavy atom. The number of ether oxygens (including phenoxy) is 1. The summed E-state index contributed by atoms with van der Waals surface area (Å²) in [6.45, 7) is 9.25. The lowest BCUT2D eigenvalue weighted by Gasteiger charge is -2.35. The van der Waals surface area contributed by atoms with Gasteiger partial charge in [0.2, 0.25) is 0 Å². The van der Waals surface area contributed by atoms with E-state index in [9.17, 15) is 0 Å². The van der Waals surface area contributed by atoms with E-state index in [0.717, 1.165) is 31.4 Å². The molecule has 2 fully saturated rings. The largest absolute Gasteiger partial charge is 0.373 e. The zero-order valence-corrected chi connectivity index (χ0v) is 12.3. The van der Waals surface area contributed by atoms with Gasteiger partial charge in [-0.05, 0) is 37.5 Å². The highest BCUT2D eigenvalue weighted by Gasteiger charge is 2.31. The van der Waals surface area contributed by atoms with Crippen molar-refractivity contribution in [3.63, 3.8) is 0 Å². The second-order valence-electron chi connectivity index (χ2n) is 5.73. The van der Waals surface area contributed by atoms with Crippen LogP contribution in [0.15, 0.2) is 0 Å². The third-order valence-corrected chi connectivity index (χ3v) is 3.91. The molecule has 0 spiro atoms. The molecule has 2 aliphatic heterocycles. The lowest BCUT2D eigenvalue weighted by molar-refractivity contribution is -0.0452. The minimum Gasteiger partial charge on any atom is -0.373 e. The lowest BCUT2D eigenvalue weighted by Crippen LogP contribution is -2.51. The van der Waals surface area contributed by atoms with Crippen LogP contribution in [0.5, 0.6) is 0 Å². The van der Waals surface area contributed by atoms with Gasteiger partial charge in [0, 0.05) is 25.7 Å². The summed E-state index contributed by atoms with van der Waals surface area (Å²) < 4.78 is 5.88. The van der Waals surface area contributed by atoms with E-state index in [1.165, 1.54) is 19.4 Å². The summed E-state index contributed by atoms with van der Waals surface area (Å²) in [5.41, 5.74) is 0. The van der Waals surface area contributed by atoms with Gasteiger partial charge >= 0.3 is 0 Å². The number of thiocarbonyl (C=S) groups is 1. The molecule has 0 aliphatic carbocycles. The van der Waals surface area contributed by atoms with Crippen molar-refractivity contribution in [2.24, 2.45) is 5.92 Å². The molecule has 0 aromatic heterocycles. The zero-order chi connectivity index (χ0) is 13.0. The smallest absolute Gasteiger partial charge is 0.166 e. The quantitative estimate of drug-likeness (QED) is 0.745. The molecule has 5 heteroatoms. The van der Waals surface area contributed by atoms with E-state index in [0.29, 0.717) is 12.0 Å². The first-order valence-electron chi connectivity index (χ1n) is 7.02. The van der Waals surface area contributed by atoms with Gasteiger partial charge in [-0.1, -0.05) is 13.8 Å². The summed E-state index contributed by atoms with van der Waals surface area (Å²) in [5.74, 6) is 0.612. The Kier molecular flexibility index (Phi) is 5.21. The number of morpholine rings is 1. The predicted molar refractivity (Wildman–Crippen MR) is 77.8 cm³/mol. The van der Waals surface area contributed by atoms with Crippen molar-refractivity contribution in [3.05, 3.63) is 0 Å². The second-order valence-corrected chi connectivity index (χ2v) is 6.14. The molecule has 0 aromatic rings. The van der Waals surface area contributed by atoms with E-state index >= 15 is 0 Å². The van der Waals surface area contributed by atoms with Gasteiger partial charge in [0.05, 0.1) is 12.7 Å². The monoisotopic (exact) mass is 271 g/mol. The molecule has 2 atom stereocenters. The maximum absolute atomic E-state index is 5.88. The molecule has 4 nitrogen and oxygen atoms in total. The summed E-state index contributed by atoms with van der Waals surface area (Å²) in [6.07, 6.45) is 2.90. The molecule has 0 bridgehead atoms. The highest BCUT2D eigenvalue weighted by molar-refractivity contribution is 7.80. The van der Waals surface area contributed by atoms with Gasteiger partial charge in [0.15, 0.2) is 5.11 Å². The maximum atomic E-state index is 5.88. The minimum atomic E-state index is 0.276. The molecule has 18 heavy (non-hydrogen) atoms. The van der Waals surface area contributed by atoms with E-state index in [1.54, 1.807) is 0 Å². The van der Waals surface area contributed by atoms with Crippen molar-refractivity contribution in [2.45, 2.75) is 38.8 Å². The van der Waals surface area contributed by atoms with Gasteiger partial charge in [0.25, 0.3) is 0 Å². The normalized spacial score (nSPS) is 28.2. The van der Waals surface area contributed by atoms with Gasteiger partial charge in [-0.25, -0.2) is 0 Å². The minimum absolute atomic E-state index is 0.276. The number of fused-ring (bicyclic) bond motifs is 1. The van der Waals surface area contributed by atoms with Crippen LogP contribution >= 0.6 is 12.2 Å². The molecule has 2 unspecified atom stereocenters. The SMILES string of the molecule is CC(C)CNC(=S)NCC1CN2CCCC2CO1. The van der Waals surface area contributed by atoms with Gasteiger partial charge in [-0.3, -0.25) is 4.90 Å². The number of nitrogens with zero attached hydrogens (tertiary/aromatic N) is 1. The average Bonchev–Trinajstić information content (AvgIpc) is 2.81. The Bertz CT molecular complexity index is 285. The van der Waals surface area contributed by atoms with Crippen LogP contribution in [0.2, 0.25) is 0 Å². The van der Waals surface area contributed by atoms with Gasteiger partial charge in [0.1, 0.15) is 0 Å². The number of hydrogen-bond acceptors (Lipinski definition) is 3. The lowest BCUT2D eigenvalue weighted by atomic mass is 10.2. The van der Waals surface area contributed by atoms with Gasteiger partial charge in [-0.15, -0.1) is 0 Å². The molecular weight excluding hydrogens is 246 g/mol. The molecule has 0 radical (unpaired) electrons. The summed E-state index contributed by atoms with van der Waals surface area (Å²) in [4.78, 5) is 2.56. The first kappa shape index (κ1) is 14.0. The Balaban J connectivity index is 1.63. The first-order chi connectivity index (χ1) is 8.65. The standard InChI is InChI=1S/C13H25N3OS/c1-10(2)6-14-13(18)15-7-12-8-16-5-3-4-11(16)9-17-12/h10-12H,3-9H2,1-2H3,(H2,14,15,18). The van der Waals surface area contributed by atoms with Gasteiger partial charge in [-0.2, -0.15) is 0 Å². The fraction of sp³-hybridized carbons (Fsp3) is 0.923. The van der Waals surface area contributed by atoms with Crippen LogP contribution in [-0.2, 0) is 4.74 Å². The maximum Gasteiger partial charge on any atom is 0.166 e. The fourth-order valence-corrected chi connectivity index (χ4v) is 2.74. The molecule has 2 saturated heterocycles. The highest BCUT2D eigenvalue weighted by atomic mass is 32.1. The van der Waals surface area contributed by atoms with Crippen molar-refractivity contribution in [1.82, 2.24) is 15.5 Å². The van der Waals surface area contributed by atoms with E-state index < -0.39 is 0 Å². The zero-order valence-electron chi connectivity index (χ0n) is 11.4. The van der Waals surface area contributed by atoms with Crippen LogP contribution in [0.3, 0.4) is 0 Å². The molecular formula is C13H25N3OS. The van der Waals surface area contributed by atoms with Crippen LogP contribution in [-0.4, -0.2) is 54.9 Å². The second kappa shape index (κ2) is 6.68. The summed E-state index contributed by atoms with van der Waals surface area (Å²) in [6, 6.07) is 0.673. The van der Waals surface area contributed by atoms with Crippen molar-refractivity contribution in [3.8, 4) is 0 Å². The Morgan fingerprint density at radius 3 is 3.06 bits per heavy atom. The molecule has 0 amide bonds. The fourth-order valence-electron chi connectivity index (χ4n) is 2.58. The third-order valence-electron chi connectivity index (χ3n) is 3.62. The molecule has 2 N–H and O–H groups in total. The van der Waals surface area contributed by atoms with Crippen molar-refractivity contribution < 1.29 is 4.74 Å². The average molecular weight is 271 g/mol. The Morgan fingerprint density at radius 2 is 2.28 bits per heavy atom. The topological polar surface area (TPSA) is 36.5 Å². The molecule has 2 aliphatic rings. The van der Waals surface area contributed by atoms with Crippen LogP contribution in [0.25, 0.3) is 0 Å². The number of rotatable bonds is 4. The van der Waals surface area contributed by atoms with Crippen LogP contribution < -0.4 is 10.6 Å². The number of nitrogens with one attached hydrogen (secondary N) is 2. The number of hydrogen-bond donors (Lipinski definition) is 2. The summed E-state index contributed by atoms with van der Waals surface area (Å²) >= 11 is 5.24. The highest BCUT2D eigenvalue weighted by Crippen LogP contribution is 2.22. The first-order valence-corrected chi connectivity index (χ1v) is 7.43. The van der Waals surface area contributed by atoms with Crippen molar-refractivity contribution >= 4 is 17.3 Å². The molecule has 104 valence electrons. The van der Waals surface area contributed by atoms with Crippen LogP contribution in [0.4, 0.5) is 0 Å². The van der Waals surface area contributed by atoms with E-state index in [1.807, 2.05) is 0 Å². The summed E-state index contributed by atoms with van der Waals surface area (Å²) in [5, 5.41) is 7.22. The van der Waals surface area contributed by atoms with E-state index in [2.05, 4.69) is 29.4 Å². The Hall–Kier alpha value is -0.390. The molecule has 2 rings (SSSR count). The molecule has 0 aromatic carbocycles. The van der Waals surface area contributed by atoms with Gasteiger partial charge < -0.3 is 15.4 Å². The van der Waals surface area contributed by atoms with E-state index in [-0.39, 0.29) is 6.10 Å². The van der Waals surface area contributed by atoms with Crippen LogP contribution in [0.1, 0.15) is 26.7 Å². The molecule has 0 saturated carbocycles. The Labute approximate surface area is 115 Å². The van der Waals surface area contributed by atoms with Crippen LogP contribution in [0, 0.1) is 5.92 Å². The van der Waals surface area contributed by atoms with E-state index in [4.69, 9.17) is 17.0 Å². The van der Waals surface area contributed by atoms with Crippen molar-refractivity contribution in [2.75, 3.05) is 32.8 Å².